The molecule has 1 aliphatic rings. The molecule has 4 aromatic rings. The van der Waals surface area contributed by atoms with Crippen molar-refractivity contribution in [2.45, 2.75) is 44.2 Å². The predicted octanol–water partition coefficient (Wildman–Crippen LogP) is 6.52. The lowest BCUT2D eigenvalue weighted by atomic mass is 9.81. The Kier molecular flexibility index (Phi) is 7.38. The van der Waals surface area contributed by atoms with Crippen molar-refractivity contribution in [3.8, 4) is 5.75 Å². The highest BCUT2D eigenvalue weighted by molar-refractivity contribution is 6.30. The second-order valence-electron chi connectivity index (χ2n) is 8.97. The number of hydrogen-bond acceptors (Lipinski definition) is 5. The van der Waals surface area contributed by atoms with Gasteiger partial charge < -0.3 is 4.74 Å². The van der Waals surface area contributed by atoms with Crippen molar-refractivity contribution in [1.82, 2.24) is 15.4 Å². The Hall–Kier alpha value is -3.25. The highest BCUT2D eigenvalue weighted by Gasteiger charge is 2.29. The zero-order valence-electron chi connectivity index (χ0n) is 19.5. The molecule has 0 bridgehead atoms. The van der Waals surface area contributed by atoms with Gasteiger partial charge in [-0.15, -0.1) is 0 Å². The Bertz CT molecular complexity index is 1310. The average molecular weight is 485 g/mol. The molecule has 0 spiro atoms. The van der Waals surface area contributed by atoms with E-state index in [2.05, 4.69) is 23.6 Å². The molecule has 0 aliphatic heterocycles. The molecular weight excluding hydrogens is 456 g/mol. The van der Waals surface area contributed by atoms with Crippen LogP contribution in [0.5, 0.6) is 5.75 Å². The van der Waals surface area contributed by atoms with Crippen LogP contribution in [0.25, 0.3) is 23.1 Å². The van der Waals surface area contributed by atoms with E-state index in [0.717, 1.165) is 52.7 Å². The Labute approximate surface area is 211 Å². The van der Waals surface area contributed by atoms with E-state index >= 15 is 0 Å². The van der Waals surface area contributed by atoms with E-state index in [-0.39, 0.29) is 12.0 Å². The van der Waals surface area contributed by atoms with Crippen LogP contribution in [0.1, 0.15) is 54.2 Å². The summed E-state index contributed by atoms with van der Waals surface area (Å²) >= 11 is 6.02. The van der Waals surface area contributed by atoms with Crippen molar-refractivity contribution in [2.75, 3.05) is 0 Å². The van der Waals surface area contributed by atoms with E-state index in [4.69, 9.17) is 32.1 Å². The number of benzene rings is 3. The number of halogens is 1. The first-order valence-corrected chi connectivity index (χ1v) is 12.5. The number of nitrogens with zero attached hydrogens (tertiary/aromatic N) is 2. The number of nitrogens with two attached hydrogens (primary N) is 1. The average Bonchev–Trinajstić information content (AvgIpc) is 2.91. The number of hydrazine groups is 1. The SMILES string of the molecule is NN[C@@H]1CCCC[C@@H]1c1nc(C=Cc2ccc(Cl)cc2)nc2ccc(OCc3ccccc3)cc12. The molecule has 5 nitrogen and oxygen atoms in total. The molecule has 0 saturated heterocycles. The predicted molar refractivity (Wildman–Crippen MR) is 143 cm³/mol. The number of hydrogen-bond donors (Lipinski definition) is 2. The summed E-state index contributed by atoms with van der Waals surface area (Å²) in [4.78, 5) is 9.88. The molecule has 0 unspecified atom stereocenters. The molecule has 0 radical (unpaired) electrons. The molecule has 1 aromatic heterocycles. The topological polar surface area (TPSA) is 73.1 Å². The van der Waals surface area contributed by atoms with Crippen LogP contribution in [0.15, 0.2) is 72.8 Å². The molecule has 1 saturated carbocycles. The van der Waals surface area contributed by atoms with Gasteiger partial charge in [0.2, 0.25) is 0 Å². The molecule has 0 amide bonds. The van der Waals surface area contributed by atoms with E-state index in [9.17, 15) is 0 Å². The van der Waals surface area contributed by atoms with Gasteiger partial charge in [-0.2, -0.15) is 0 Å². The number of fused-ring (bicyclic) bond motifs is 1. The van der Waals surface area contributed by atoms with Gasteiger partial charge in [0.05, 0.1) is 11.2 Å². The first-order chi connectivity index (χ1) is 17.2. The van der Waals surface area contributed by atoms with E-state index in [1.807, 2.05) is 66.7 Å². The summed E-state index contributed by atoms with van der Waals surface area (Å²) in [6, 6.07) is 24.2. The number of aromatic nitrogens is 2. The quantitative estimate of drug-likeness (QED) is 0.230. The lowest BCUT2D eigenvalue weighted by Crippen LogP contribution is -2.41. The molecule has 1 fully saturated rings. The van der Waals surface area contributed by atoms with Crippen molar-refractivity contribution in [2.24, 2.45) is 5.84 Å². The summed E-state index contributed by atoms with van der Waals surface area (Å²) in [5.74, 6) is 7.66. The molecule has 3 N–H and O–H groups in total. The van der Waals surface area contributed by atoms with Crippen LogP contribution in [0.2, 0.25) is 5.02 Å². The van der Waals surface area contributed by atoms with Crippen molar-refractivity contribution in [1.29, 1.82) is 0 Å². The number of nitrogens with one attached hydrogen (secondary N) is 1. The van der Waals surface area contributed by atoms with Gasteiger partial charge in [0, 0.05) is 22.4 Å². The second kappa shape index (κ2) is 11.0. The fourth-order valence-corrected chi connectivity index (χ4v) is 4.87. The number of ether oxygens (including phenoxy) is 1. The third-order valence-corrected chi connectivity index (χ3v) is 6.84. The first-order valence-electron chi connectivity index (χ1n) is 12.1. The van der Waals surface area contributed by atoms with Crippen LogP contribution in [0.3, 0.4) is 0 Å². The fourth-order valence-electron chi connectivity index (χ4n) is 4.74. The monoisotopic (exact) mass is 484 g/mol. The third kappa shape index (κ3) is 5.70. The van der Waals surface area contributed by atoms with Crippen LogP contribution < -0.4 is 16.0 Å². The number of rotatable bonds is 7. The third-order valence-electron chi connectivity index (χ3n) is 6.59. The largest absolute Gasteiger partial charge is 0.489 e. The maximum Gasteiger partial charge on any atom is 0.152 e. The van der Waals surface area contributed by atoms with Gasteiger partial charge in [-0.05, 0) is 60.4 Å². The first kappa shape index (κ1) is 23.5. The van der Waals surface area contributed by atoms with Crippen molar-refractivity contribution in [3.63, 3.8) is 0 Å². The van der Waals surface area contributed by atoms with E-state index in [0.29, 0.717) is 17.5 Å². The molecule has 1 aliphatic carbocycles. The highest BCUT2D eigenvalue weighted by atomic mass is 35.5. The summed E-state index contributed by atoms with van der Waals surface area (Å²) in [7, 11) is 0. The molecule has 35 heavy (non-hydrogen) atoms. The van der Waals surface area contributed by atoms with Crippen LogP contribution in [-0.4, -0.2) is 16.0 Å². The zero-order chi connectivity index (χ0) is 24.0. The maximum absolute atomic E-state index is 6.12. The molecule has 3 aromatic carbocycles. The minimum Gasteiger partial charge on any atom is -0.489 e. The standard InChI is InChI=1S/C29H29ClN4O/c30-22-13-10-20(11-14-22)12-17-28-32-26-16-15-23(35-19-21-6-2-1-3-7-21)18-25(26)29(33-28)24-8-4-5-9-27(24)34-31/h1-3,6-7,10-18,24,27,34H,4-5,8-9,19,31H2/t24-,27+/m0/s1. The van der Waals surface area contributed by atoms with E-state index in [1.54, 1.807) is 0 Å². The maximum atomic E-state index is 6.12. The van der Waals surface area contributed by atoms with Crippen LogP contribution in [-0.2, 0) is 6.61 Å². The zero-order valence-corrected chi connectivity index (χ0v) is 20.3. The van der Waals surface area contributed by atoms with Gasteiger partial charge >= 0.3 is 0 Å². The lowest BCUT2D eigenvalue weighted by Gasteiger charge is -2.31. The van der Waals surface area contributed by atoms with Crippen molar-refractivity contribution < 1.29 is 4.74 Å². The highest BCUT2D eigenvalue weighted by Crippen LogP contribution is 2.36. The molecule has 2 atom stereocenters. The minimum absolute atomic E-state index is 0.184. The lowest BCUT2D eigenvalue weighted by molar-refractivity contribution is 0.306. The summed E-state index contributed by atoms with van der Waals surface area (Å²) in [5, 5.41) is 1.74. The summed E-state index contributed by atoms with van der Waals surface area (Å²) in [5.41, 5.74) is 7.14. The Balaban J connectivity index is 1.51. The Morgan fingerprint density at radius 2 is 1.74 bits per heavy atom. The normalized spacial score (nSPS) is 18.2. The van der Waals surface area contributed by atoms with Gasteiger partial charge in [-0.1, -0.05) is 73.0 Å². The van der Waals surface area contributed by atoms with Gasteiger partial charge in [0.1, 0.15) is 12.4 Å². The smallest absolute Gasteiger partial charge is 0.152 e. The molecular formula is C29H29ClN4O. The van der Waals surface area contributed by atoms with Crippen molar-refractivity contribution in [3.05, 3.63) is 100 Å². The molecule has 6 heteroatoms. The summed E-state index contributed by atoms with van der Waals surface area (Å²) < 4.78 is 6.12. The van der Waals surface area contributed by atoms with Gasteiger partial charge in [-0.3, -0.25) is 11.3 Å². The molecule has 178 valence electrons. The van der Waals surface area contributed by atoms with Crippen LogP contribution in [0, 0.1) is 0 Å². The Morgan fingerprint density at radius 3 is 2.54 bits per heavy atom. The summed E-state index contributed by atoms with van der Waals surface area (Å²) in [6.07, 6.45) is 8.37. The van der Waals surface area contributed by atoms with Crippen molar-refractivity contribution >= 4 is 34.7 Å². The Morgan fingerprint density at radius 1 is 0.943 bits per heavy atom. The molecule has 1 heterocycles. The molecule has 5 rings (SSSR count). The van der Waals surface area contributed by atoms with E-state index < -0.39 is 0 Å². The van der Waals surface area contributed by atoms with Gasteiger partial charge in [0.15, 0.2) is 5.82 Å². The minimum atomic E-state index is 0.184. The van der Waals surface area contributed by atoms with Crippen LogP contribution >= 0.6 is 11.6 Å². The van der Waals surface area contributed by atoms with Crippen LogP contribution in [0.4, 0.5) is 0 Å². The van der Waals surface area contributed by atoms with Gasteiger partial charge in [0.25, 0.3) is 0 Å². The fraction of sp³-hybridized carbons (Fsp3) is 0.241. The van der Waals surface area contributed by atoms with E-state index in [1.165, 1.54) is 6.42 Å². The summed E-state index contributed by atoms with van der Waals surface area (Å²) in [6.45, 7) is 0.515. The second-order valence-corrected chi connectivity index (χ2v) is 9.41. The van der Waals surface area contributed by atoms with Gasteiger partial charge in [-0.25, -0.2) is 9.97 Å².